The molecule has 0 saturated carbocycles. The fraction of sp³-hybridized carbons (Fsp3) is 0.292. The zero-order valence-electron chi connectivity index (χ0n) is 17.9. The number of hydrogen-bond acceptors (Lipinski definition) is 4. The summed E-state index contributed by atoms with van der Waals surface area (Å²) in [6, 6.07) is 8.18. The number of amides is 1. The standard InChI is InChI=1S/C24H21F3N4OS/c1-13-28-22(23(33-13)14-5-4-6-15(25)9-14)24(32)31-8-3-2-7-16(31)10-21-29-19-11-17(26)18(27)12-20(19)30-21/h4-6,9,11-12,16H,2-3,7-8,10H2,1H3,(H,29,30). The van der Waals surface area contributed by atoms with Crippen LogP contribution < -0.4 is 0 Å². The van der Waals surface area contributed by atoms with Crippen molar-refractivity contribution in [2.45, 2.75) is 38.6 Å². The molecule has 1 unspecified atom stereocenters. The summed E-state index contributed by atoms with van der Waals surface area (Å²) in [5.74, 6) is -1.88. The number of rotatable bonds is 4. The van der Waals surface area contributed by atoms with E-state index >= 15 is 0 Å². The number of thiazole rings is 1. The summed E-state index contributed by atoms with van der Waals surface area (Å²) in [5, 5.41) is 0.729. The molecule has 0 radical (unpaired) electrons. The van der Waals surface area contributed by atoms with E-state index in [0.29, 0.717) is 46.0 Å². The van der Waals surface area contributed by atoms with Crippen LogP contribution in [-0.4, -0.2) is 38.3 Å². The van der Waals surface area contributed by atoms with E-state index in [1.54, 1.807) is 17.0 Å². The SMILES string of the molecule is Cc1nc(C(=O)N2CCCCC2Cc2nc3cc(F)c(F)cc3[nH]2)c(-c2cccc(F)c2)s1. The van der Waals surface area contributed by atoms with Gasteiger partial charge in [-0.25, -0.2) is 23.1 Å². The van der Waals surface area contributed by atoms with E-state index < -0.39 is 11.6 Å². The minimum absolute atomic E-state index is 0.135. The molecule has 0 bridgehead atoms. The number of aromatic nitrogens is 3. The van der Waals surface area contributed by atoms with E-state index in [9.17, 15) is 18.0 Å². The number of halogens is 3. The summed E-state index contributed by atoms with van der Waals surface area (Å²) < 4.78 is 41.0. The molecule has 0 aliphatic carbocycles. The number of piperidine rings is 1. The van der Waals surface area contributed by atoms with Crippen molar-refractivity contribution < 1.29 is 18.0 Å². The Morgan fingerprint density at radius 1 is 1.15 bits per heavy atom. The summed E-state index contributed by atoms with van der Waals surface area (Å²) in [6.07, 6.45) is 3.05. The van der Waals surface area contributed by atoms with E-state index in [4.69, 9.17) is 0 Å². The summed E-state index contributed by atoms with van der Waals surface area (Å²) >= 11 is 1.36. The fourth-order valence-corrected chi connectivity index (χ4v) is 5.30. The van der Waals surface area contributed by atoms with Crippen molar-refractivity contribution >= 4 is 28.3 Å². The number of carbonyl (C=O) groups excluding carboxylic acids is 1. The lowest BCUT2D eigenvalue weighted by molar-refractivity contribution is 0.0607. The molecule has 2 aromatic heterocycles. The third kappa shape index (κ3) is 4.25. The Labute approximate surface area is 192 Å². The van der Waals surface area contributed by atoms with Crippen LogP contribution in [0.15, 0.2) is 36.4 Å². The van der Waals surface area contributed by atoms with E-state index in [-0.39, 0.29) is 17.8 Å². The third-order valence-corrected chi connectivity index (χ3v) is 6.93. The van der Waals surface area contributed by atoms with Crippen molar-refractivity contribution in [3.63, 3.8) is 0 Å². The maximum Gasteiger partial charge on any atom is 0.274 e. The molecule has 1 saturated heterocycles. The maximum atomic E-state index is 13.8. The van der Waals surface area contributed by atoms with Gasteiger partial charge in [-0.1, -0.05) is 12.1 Å². The number of hydrogen-bond donors (Lipinski definition) is 1. The molecule has 1 fully saturated rings. The van der Waals surface area contributed by atoms with Crippen molar-refractivity contribution in [1.29, 1.82) is 0 Å². The molecule has 2 aromatic carbocycles. The predicted molar refractivity (Wildman–Crippen MR) is 121 cm³/mol. The first-order chi connectivity index (χ1) is 15.9. The highest BCUT2D eigenvalue weighted by atomic mass is 32.1. The fourth-order valence-electron chi connectivity index (χ4n) is 4.39. The monoisotopic (exact) mass is 470 g/mol. The van der Waals surface area contributed by atoms with Crippen molar-refractivity contribution in [3.05, 3.63) is 70.4 Å². The van der Waals surface area contributed by atoms with Crippen LogP contribution in [0.2, 0.25) is 0 Å². The molecule has 4 aromatic rings. The van der Waals surface area contributed by atoms with Gasteiger partial charge in [-0.2, -0.15) is 0 Å². The molecule has 170 valence electrons. The Balaban J connectivity index is 1.44. The van der Waals surface area contributed by atoms with E-state index in [0.717, 1.165) is 36.4 Å². The molecule has 3 heterocycles. The maximum absolute atomic E-state index is 13.8. The topological polar surface area (TPSA) is 61.9 Å². The number of H-pyrrole nitrogens is 1. The molecule has 1 aliphatic heterocycles. The highest BCUT2D eigenvalue weighted by molar-refractivity contribution is 7.15. The largest absolute Gasteiger partial charge is 0.342 e. The van der Waals surface area contributed by atoms with Gasteiger partial charge in [0.25, 0.3) is 5.91 Å². The summed E-state index contributed by atoms with van der Waals surface area (Å²) in [7, 11) is 0. The minimum Gasteiger partial charge on any atom is -0.342 e. The van der Waals surface area contributed by atoms with Crippen molar-refractivity contribution in [3.8, 4) is 10.4 Å². The molecule has 1 atom stereocenters. The van der Waals surface area contributed by atoms with Crippen LogP contribution in [0, 0.1) is 24.4 Å². The van der Waals surface area contributed by atoms with Crippen LogP contribution in [0.25, 0.3) is 21.5 Å². The number of carbonyl (C=O) groups is 1. The Morgan fingerprint density at radius 2 is 1.97 bits per heavy atom. The lowest BCUT2D eigenvalue weighted by Gasteiger charge is -2.35. The van der Waals surface area contributed by atoms with Crippen LogP contribution in [0.1, 0.15) is 40.6 Å². The van der Waals surface area contributed by atoms with E-state index in [2.05, 4.69) is 15.0 Å². The number of nitrogens with zero attached hydrogens (tertiary/aromatic N) is 3. The van der Waals surface area contributed by atoms with E-state index in [1.165, 1.54) is 23.5 Å². The van der Waals surface area contributed by atoms with Gasteiger partial charge in [0, 0.05) is 31.1 Å². The Morgan fingerprint density at radius 3 is 2.79 bits per heavy atom. The Hall–Kier alpha value is -3.20. The average molecular weight is 471 g/mol. The second-order valence-electron chi connectivity index (χ2n) is 8.24. The highest BCUT2D eigenvalue weighted by Crippen LogP contribution is 2.33. The first kappa shape index (κ1) is 21.6. The van der Waals surface area contributed by atoms with Crippen molar-refractivity contribution in [1.82, 2.24) is 19.9 Å². The molecular weight excluding hydrogens is 449 g/mol. The number of aromatic amines is 1. The number of fused-ring (bicyclic) bond motifs is 1. The third-order valence-electron chi connectivity index (χ3n) is 5.91. The molecular formula is C24H21F3N4OS. The highest BCUT2D eigenvalue weighted by Gasteiger charge is 2.31. The van der Waals surface area contributed by atoms with Gasteiger partial charge in [-0.3, -0.25) is 4.79 Å². The number of aryl methyl sites for hydroxylation is 1. The number of imidazole rings is 1. The number of likely N-dealkylation sites (tertiary alicyclic amines) is 1. The quantitative estimate of drug-likeness (QED) is 0.419. The lowest BCUT2D eigenvalue weighted by Crippen LogP contribution is -2.45. The first-order valence-corrected chi connectivity index (χ1v) is 11.6. The van der Waals surface area contributed by atoms with Crippen molar-refractivity contribution in [2.24, 2.45) is 0 Å². The van der Waals surface area contributed by atoms with Crippen LogP contribution in [-0.2, 0) is 6.42 Å². The number of nitrogens with one attached hydrogen (secondary N) is 1. The van der Waals surface area contributed by atoms with Crippen LogP contribution in [0.4, 0.5) is 13.2 Å². The molecule has 9 heteroatoms. The summed E-state index contributed by atoms with van der Waals surface area (Å²) in [6.45, 7) is 2.40. The zero-order chi connectivity index (χ0) is 23.1. The van der Waals surface area contributed by atoms with Gasteiger partial charge < -0.3 is 9.88 Å². The van der Waals surface area contributed by atoms with Gasteiger partial charge in [0.2, 0.25) is 0 Å². The smallest absolute Gasteiger partial charge is 0.274 e. The summed E-state index contributed by atoms with van der Waals surface area (Å²) in [5.41, 5.74) is 1.71. The summed E-state index contributed by atoms with van der Waals surface area (Å²) in [4.78, 5) is 28.0. The Bertz CT molecular complexity index is 1310. The van der Waals surface area contributed by atoms with E-state index in [1.807, 2.05) is 6.92 Å². The van der Waals surface area contributed by atoms with Gasteiger partial charge >= 0.3 is 0 Å². The van der Waals surface area contributed by atoms with Gasteiger partial charge in [0.05, 0.1) is 20.9 Å². The molecule has 5 nitrogen and oxygen atoms in total. The molecule has 0 spiro atoms. The van der Waals surface area contributed by atoms with Crippen LogP contribution in [0.3, 0.4) is 0 Å². The normalized spacial score (nSPS) is 16.5. The van der Waals surface area contributed by atoms with Crippen LogP contribution >= 0.6 is 11.3 Å². The average Bonchev–Trinajstić information content (AvgIpc) is 3.36. The molecule has 1 amide bonds. The van der Waals surface area contributed by atoms with Gasteiger partial charge in [-0.15, -0.1) is 11.3 Å². The van der Waals surface area contributed by atoms with Gasteiger partial charge in [-0.05, 0) is 43.9 Å². The Kier molecular flexibility index (Phi) is 5.65. The molecule has 1 aliphatic rings. The lowest BCUT2D eigenvalue weighted by atomic mass is 9.98. The predicted octanol–water partition coefficient (Wildman–Crippen LogP) is 5.65. The molecule has 5 rings (SSSR count). The second-order valence-corrected chi connectivity index (χ2v) is 9.44. The van der Waals surface area contributed by atoms with Gasteiger partial charge in [0.15, 0.2) is 11.6 Å². The van der Waals surface area contributed by atoms with Crippen LogP contribution in [0.5, 0.6) is 0 Å². The van der Waals surface area contributed by atoms with Gasteiger partial charge in [0.1, 0.15) is 17.3 Å². The molecule has 33 heavy (non-hydrogen) atoms. The zero-order valence-corrected chi connectivity index (χ0v) is 18.7. The van der Waals surface area contributed by atoms with Crippen molar-refractivity contribution in [2.75, 3.05) is 6.54 Å². The number of benzene rings is 2. The first-order valence-electron chi connectivity index (χ1n) is 10.8. The molecule has 1 N–H and O–H groups in total. The second kappa shape index (κ2) is 8.62. The minimum atomic E-state index is -0.946.